The van der Waals surface area contributed by atoms with Crippen molar-refractivity contribution < 1.29 is 9.90 Å². The largest absolute Gasteiger partial charge is 0.481 e. The molecule has 0 aliphatic rings. The van der Waals surface area contributed by atoms with E-state index < -0.39 is 5.97 Å². The van der Waals surface area contributed by atoms with E-state index >= 15 is 0 Å². The normalized spacial score (nSPS) is 11.3. The van der Waals surface area contributed by atoms with Crippen LogP contribution in [0.3, 0.4) is 0 Å². The summed E-state index contributed by atoms with van der Waals surface area (Å²) in [7, 11) is 0. The SMILES string of the molecule is CCN(Cc1ccccc1)Cc1c(CC(=O)O)nc2cc(C)ccn12. The second-order valence-corrected chi connectivity index (χ2v) is 6.30. The zero-order valence-electron chi connectivity index (χ0n) is 14.6. The number of carboxylic acids is 1. The molecule has 2 aromatic heterocycles. The van der Waals surface area contributed by atoms with Gasteiger partial charge in [-0.15, -0.1) is 0 Å². The highest BCUT2D eigenvalue weighted by Gasteiger charge is 2.17. The standard InChI is InChI=1S/C20H23N3O2/c1-3-22(13-16-7-5-4-6-8-16)14-18-17(12-20(24)25)21-19-11-15(2)9-10-23(18)19/h4-11H,3,12-14H2,1-2H3,(H,24,25). The third kappa shape index (κ3) is 4.06. The van der Waals surface area contributed by atoms with Gasteiger partial charge < -0.3 is 9.51 Å². The van der Waals surface area contributed by atoms with Crippen molar-refractivity contribution in [2.45, 2.75) is 33.4 Å². The first-order valence-electron chi connectivity index (χ1n) is 8.51. The van der Waals surface area contributed by atoms with Gasteiger partial charge in [-0.2, -0.15) is 0 Å². The Morgan fingerprint density at radius 1 is 1.20 bits per heavy atom. The third-order valence-electron chi connectivity index (χ3n) is 4.35. The van der Waals surface area contributed by atoms with Gasteiger partial charge in [-0.25, -0.2) is 4.98 Å². The Morgan fingerprint density at radius 2 is 1.96 bits per heavy atom. The van der Waals surface area contributed by atoms with Gasteiger partial charge in [0.1, 0.15) is 5.65 Å². The Balaban J connectivity index is 1.93. The molecular weight excluding hydrogens is 314 g/mol. The Hall–Kier alpha value is -2.66. The molecule has 0 aliphatic carbocycles. The summed E-state index contributed by atoms with van der Waals surface area (Å²) in [5.41, 5.74) is 4.76. The molecule has 0 unspecified atom stereocenters. The Kier molecular flexibility index (Phi) is 5.14. The number of aromatic nitrogens is 2. The minimum absolute atomic E-state index is 0.0566. The third-order valence-corrected chi connectivity index (χ3v) is 4.35. The van der Waals surface area contributed by atoms with Gasteiger partial charge in [-0.1, -0.05) is 37.3 Å². The number of hydrogen-bond acceptors (Lipinski definition) is 3. The molecule has 1 N–H and O–H groups in total. The number of benzene rings is 1. The fourth-order valence-electron chi connectivity index (χ4n) is 3.03. The lowest BCUT2D eigenvalue weighted by molar-refractivity contribution is -0.136. The van der Waals surface area contributed by atoms with Crippen LogP contribution in [0, 0.1) is 6.92 Å². The minimum Gasteiger partial charge on any atom is -0.481 e. The first-order valence-corrected chi connectivity index (χ1v) is 8.51. The van der Waals surface area contributed by atoms with E-state index in [1.54, 1.807) is 0 Å². The number of rotatable bonds is 7. The van der Waals surface area contributed by atoms with Gasteiger partial charge in [0.25, 0.3) is 0 Å². The maximum absolute atomic E-state index is 11.2. The van der Waals surface area contributed by atoms with Crippen LogP contribution in [0.25, 0.3) is 5.65 Å². The van der Waals surface area contributed by atoms with Gasteiger partial charge in [0.15, 0.2) is 0 Å². The van der Waals surface area contributed by atoms with E-state index in [-0.39, 0.29) is 6.42 Å². The van der Waals surface area contributed by atoms with Crippen LogP contribution in [0.15, 0.2) is 48.7 Å². The zero-order valence-corrected chi connectivity index (χ0v) is 14.6. The van der Waals surface area contributed by atoms with Gasteiger partial charge in [0.05, 0.1) is 17.8 Å². The average Bonchev–Trinajstić information content (AvgIpc) is 2.90. The molecule has 3 rings (SSSR count). The van der Waals surface area contributed by atoms with E-state index in [0.29, 0.717) is 12.2 Å². The van der Waals surface area contributed by atoms with Gasteiger partial charge >= 0.3 is 5.97 Å². The summed E-state index contributed by atoms with van der Waals surface area (Å²) in [5, 5.41) is 9.23. The first-order chi connectivity index (χ1) is 12.1. The summed E-state index contributed by atoms with van der Waals surface area (Å²) in [6.45, 7) is 6.49. The Morgan fingerprint density at radius 3 is 2.64 bits per heavy atom. The van der Waals surface area contributed by atoms with Gasteiger partial charge in [-0.3, -0.25) is 9.69 Å². The number of aryl methyl sites for hydroxylation is 1. The smallest absolute Gasteiger partial charge is 0.309 e. The first kappa shape index (κ1) is 17.2. The van der Waals surface area contributed by atoms with Crippen molar-refractivity contribution in [2.75, 3.05) is 6.54 Å². The van der Waals surface area contributed by atoms with E-state index in [1.165, 1.54) is 5.56 Å². The molecule has 1 aromatic carbocycles. The van der Waals surface area contributed by atoms with Crippen molar-refractivity contribution in [2.24, 2.45) is 0 Å². The molecule has 5 heteroatoms. The molecule has 130 valence electrons. The topological polar surface area (TPSA) is 57.8 Å². The minimum atomic E-state index is -0.854. The van der Waals surface area contributed by atoms with Crippen LogP contribution in [0.2, 0.25) is 0 Å². The molecule has 0 saturated carbocycles. The van der Waals surface area contributed by atoms with E-state index in [2.05, 4.69) is 28.9 Å². The van der Waals surface area contributed by atoms with Crippen molar-refractivity contribution in [3.05, 3.63) is 71.2 Å². The lowest BCUT2D eigenvalue weighted by Gasteiger charge is -2.21. The molecule has 0 radical (unpaired) electrons. The number of fused-ring (bicyclic) bond motifs is 1. The number of aliphatic carboxylic acids is 1. The molecule has 2 heterocycles. The van der Waals surface area contributed by atoms with Crippen LogP contribution in [-0.2, 0) is 24.3 Å². The van der Waals surface area contributed by atoms with Crippen molar-refractivity contribution in [1.82, 2.24) is 14.3 Å². The maximum Gasteiger partial charge on any atom is 0.309 e. The molecule has 0 fully saturated rings. The average molecular weight is 337 g/mol. The zero-order chi connectivity index (χ0) is 17.8. The van der Waals surface area contributed by atoms with Crippen molar-refractivity contribution in [3.8, 4) is 0 Å². The Bertz CT molecular complexity index is 871. The molecule has 5 nitrogen and oxygen atoms in total. The fraction of sp³-hybridized carbons (Fsp3) is 0.300. The number of imidazole rings is 1. The van der Waals surface area contributed by atoms with Crippen LogP contribution >= 0.6 is 0 Å². The second-order valence-electron chi connectivity index (χ2n) is 6.30. The molecule has 0 bridgehead atoms. The predicted octanol–water partition coefficient (Wildman–Crippen LogP) is 3.29. The summed E-state index contributed by atoms with van der Waals surface area (Å²) in [6, 6.07) is 14.3. The summed E-state index contributed by atoms with van der Waals surface area (Å²) in [6.07, 6.45) is 1.92. The molecule has 3 aromatic rings. The van der Waals surface area contributed by atoms with Crippen molar-refractivity contribution in [3.63, 3.8) is 0 Å². The van der Waals surface area contributed by atoms with Gasteiger partial charge in [-0.05, 0) is 36.7 Å². The number of pyridine rings is 1. The molecule has 25 heavy (non-hydrogen) atoms. The maximum atomic E-state index is 11.2. The summed E-state index contributed by atoms with van der Waals surface area (Å²) < 4.78 is 2.01. The Labute approximate surface area is 147 Å². The lowest BCUT2D eigenvalue weighted by Crippen LogP contribution is -2.24. The second kappa shape index (κ2) is 7.49. The van der Waals surface area contributed by atoms with E-state index in [0.717, 1.165) is 30.0 Å². The van der Waals surface area contributed by atoms with Crippen LogP contribution in [-0.4, -0.2) is 31.9 Å². The highest BCUT2D eigenvalue weighted by Crippen LogP contribution is 2.18. The van der Waals surface area contributed by atoms with E-state index in [9.17, 15) is 9.90 Å². The lowest BCUT2D eigenvalue weighted by atomic mass is 10.2. The predicted molar refractivity (Wildman–Crippen MR) is 97.5 cm³/mol. The van der Waals surface area contributed by atoms with E-state index in [4.69, 9.17) is 0 Å². The molecule has 0 spiro atoms. The van der Waals surface area contributed by atoms with Crippen LogP contribution in [0.5, 0.6) is 0 Å². The highest BCUT2D eigenvalue weighted by molar-refractivity contribution is 5.70. The van der Waals surface area contributed by atoms with E-state index in [1.807, 2.05) is 47.9 Å². The van der Waals surface area contributed by atoms with Gasteiger partial charge in [0, 0.05) is 19.3 Å². The molecular formula is C20H23N3O2. The van der Waals surface area contributed by atoms with Crippen LogP contribution in [0.4, 0.5) is 0 Å². The summed E-state index contributed by atoms with van der Waals surface area (Å²) >= 11 is 0. The molecule has 0 atom stereocenters. The number of carboxylic acid groups (broad SMARTS) is 1. The van der Waals surface area contributed by atoms with Crippen molar-refractivity contribution >= 4 is 11.6 Å². The molecule has 0 amide bonds. The highest BCUT2D eigenvalue weighted by atomic mass is 16.4. The number of nitrogens with zero attached hydrogens (tertiary/aromatic N) is 3. The monoisotopic (exact) mass is 337 g/mol. The molecule has 0 saturated heterocycles. The fourth-order valence-corrected chi connectivity index (χ4v) is 3.03. The summed E-state index contributed by atoms with van der Waals surface area (Å²) in [5.74, 6) is -0.854. The number of carbonyl (C=O) groups is 1. The van der Waals surface area contributed by atoms with Crippen LogP contribution < -0.4 is 0 Å². The van der Waals surface area contributed by atoms with Gasteiger partial charge in [0.2, 0.25) is 0 Å². The summed E-state index contributed by atoms with van der Waals surface area (Å²) in [4.78, 5) is 18.1. The number of hydrogen-bond donors (Lipinski definition) is 1. The quantitative estimate of drug-likeness (QED) is 0.719. The van der Waals surface area contributed by atoms with Crippen LogP contribution in [0.1, 0.15) is 29.4 Å². The molecule has 0 aliphatic heterocycles. The van der Waals surface area contributed by atoms with Crippen molar-refractivity contribution in [1.29, 1.82) is 0 Å².